The Hall–Kier alpha value is -1.67. The lowest BCUT2D eigenvalue weighted by molar-refractivity contribution is 0.420. The van der Waals surface area contributed by atoms with Gasteiger partial charge in [0, 0.05) is 12.1 Å². The van der Waals surface area contributed by atoms with E-state index < -0.39 is 0 Å². The zero-order valence-electron chi connectivity index (χ0n) is 11.8. The number of halogens is 1. The van der Waals surface area contributed by atoms with E-state index in [1.54, 1.807) is 6.07 Å². The first kappa shape index (κ1) is 13.3. The van der Waals surface area contributed by atoms with Gasteiger partial charge in [0.25, 0.3) is 0 Å². The van der Waals surface area contributed by atoms with E-state index in [0.717, 1.165) is 23.2 Å². The molecular weight excluding hydrogens is 249 g/mol. The Morgan fingerprint density at radius 1 is 1.10 bits per heavy atom. The topological polar surface area (TPSA) is 12.0 Å². The molecule has 1 aliphatic carbocycles. The van der Waals surface area contributed by atoms with Crippen molar-refractivity contribution in [3.05, 3.63) is 59.4 Å². The van der Waals surface area contributed by atoms with Crippen LogP contribution in [0.4, 0.5) is 4.39 Å². The molecule has 0 aromatic heterocycles. The van der Waals surface area contributed by atoms with E-state index in [-0.39, 0.29) is 5.82 Å². The summed E-state index contributed by atoms with van der Waals surface area (Å²) in [6.07, 6.45) is 3.75. The van der Waals surface area contributed by atoms with Crippen molar-refractivity contribution in [1.82, 2.24) is 5.32 Å². The second kappa shape index (κ2) is 5.76. The van der Waals surface area contributed by atoms with Crippen LogP contribution in [0.15, 0.2) is 42.5 Å². The van der Waals surface area contributed by atoms with Crippen molar-refractivity contribution in [1.29, 1.82) is 0 Å². The molecule has 0 bridgehead atoms. The monoisotopic (exact) mass is 269 g/mol. The smallest absolute Gasteiger partial charge is 0.131 e. The molecule has 2 aromatic carbocycles. The highest BCUT2D eigenvalue weighted by Gasteiger charge is 2.23. The van der Waals surface area contributed by atoms with Crippen LogP contribution in [0.25, 0.3) is 11.1 Å². The van der Waals surface area contributed by atoms with Gasteiger partial charge in [0.15, 0.2) is 0 Å². The Bertz CT molecular complexity index is 602. The fraction of sp³-hybridized carbons (Fsp3) is 0.333. The summed E-state index contributed by atoms with van der Waals surface area (Å²) in [5, 5.41) is 3.12. The minimum atomic E-state index is -0.128. The molecule has 2 heteroatoms. The first-order valence-corrected chi connectivity index (χ1v) is 7.32. The highest BCUT2D eigenvalue weighted by Crippen LogP contribution is 2.41. The molecule has 0 spiro atoms. The number of hydrogen-bond donors (Lipinski definition) is 1. The summed E-state index contributed by atoms with van der Waals surface area (Å²) in [5.41, 5.74) is 4.22. The van der Waals surface area contributed by atoms with Crippen molar-refractivity contribution in [3.8, 4) is 11.1 Å². The maximum absolute atomic E-state index is 14.2. The van der Waals surface area contributed by atoms with Crippen molar-refractivity contribution < 1.29 is 4.39 Å². The molecule has 1 nitrogen and oxygen atoms in total. The normalized spacial score (nSPS) is 15.1. The van der Waals surface area contributed by atoms with E-state index in [4.69, 9.17) is 0 Å². The average molecular weight is 269 g/mol. The van der Waals surface area contributed by atoms with Crippen LogP contribution in [0.2, 0.25) is 0 Å². The minimum absolute atomic E-state index is 0.128. The summed E-state index contributed by atoms with van der Waals surface area (Å²) < 4.78 is 14.2. The Morgan fingerprint density at radius 3 is 2.60 bits per heavy atom. The fourth-order valence-electron chi connectivity index (χ4n) is 2.91. The van der Waals surface area contributed by atoms with Crippen molar-refractivity contribution in [2.75, 3.05) is 7.05 Å². The van der Waals surface area contributed by atoms with Crippen LogP contribution >= 0.6 is 0 Å². The van der Waals surface area contributed by atoms with Crippen molar-refractivity contribution in [2.24, 2.45) is 0 Å². The van der Waals surface area contributed by atoms with Crippen LogP contribution in [0.1, 0.15) is 36.3 Å². The Kier molecular flexibility index (Phi) is 3.83. The van der Waals surface area contributed by atoms with Crippen LogP contribution < -0.4 is 5.32 Å². The zero-order valence-corrected chi connectivity index (χ0v) is 11.8. The first-order valence-electron chi connectivity index (χ1n) is 7.32. The fourth-order valence-corrected chi connectivity index (χ4v) is 2.91. The molecule has 3 rings (SSSR count). The molecular formula is C18H20FN. The molecule has 0 radical (unpaired) electrons. The minimum Gasteiger partial charge on any atom is -0.316 e. The van der Waals surface area contributed by atoms with Crippen molar-refractivity contribution in [3.63, 3.8) is 0 Å². The summed E-state index contributed by atoms with van der Waals surface area (Å²) in [4.78, 5) is 0. The number of rotatable bonds is 4. The molecule has 1 aliphatic rings. The maximum Gasteiger partial charge on any atom is 0.131 e. The van der Waals surface area contributed by atoms with Gasteiger partial charge in [0.2, 0.25) is 0 Å². The van der Waals surface area contributed by atoms with Gasteiger partial charge in [-0.3, -0.25) is 0 Å². The van der Waals surface area contributed by atoms with Gasteiger partial charge in [-0.2, -0.15) is 0 Å². The third-order valence-corrected chi connectivity index (χ3v) is 4.21. The molecule has 1 saturated carbocycles. The summed E-state index contributed by atoms with van der Waals surface area (Å²) >= 11 is 0. The number of hydrogen-bond acceptors (Lipinski definition) is 1. The quantitative estimate of drug-likeness (QED) is 0.863. The molecule has 104 valence electrons. The summed E-state index contributed by atoms with van der Waals surface area (Å²) in [5.74, 6) is 0.482. The van der Waals surface area contributed by atoms with Crippen molar-refractivity contribution >= 4 is 0 Å². The molecule has 0 saturated heterocycles. The Labute approximate surface area is 119 Å². The van der Waals surface area contributed by atoms with Gasteiger partial charge >= 0.3 is 0 Å². The van der Waals surface area contributed by atoms with E-state index in [9.17, 15) is 4.39 Å². The van der Waals surface area contributed by atoms with E-state index in [1.165, 1.54) is 24.8 Å². The predicted octanol–water partition coefficient (Wildman–Crippen LogP) is 4.48. The molecule has 20 heavy (non-hydrogen) atoms. The SMILES string of the molecule is CNCc1ccc(F)c(-c2ccccc2C2CCC2)c1. The van der Waals surface area contributed by atoms with E-state index in [1.807, 2.05) is 25.2 Å². The number of benzene rings is 2. The molecule has 0 amide bonds. The zero-order chi connectivity index (χ0) is 13.9. The second-order valence-corrected chi connectivity index (χ2v) is 5.56. The average Bonchev–Trinajstić information content (AvgIpc) is 2.40. The summed E-state index contributed by atoms with van der Waals surface area (Å²) in [6, 6.07) is 13.7. The van der Waals surface area contributed by atoms with Crippen LogP contribution in [-0.4, -0.2) is 7.05 Å². The lowest BCUT2D eigenvalue weighted by Crippen LogP contribution is -2.10. The van der Waals surface area contributed by atoms with Crippen LogP contribution in [-0.2, 0) is 6.54 Å². The lowest BCUT2D eigenvalue weighted by Gasteiger charge is -2.28. The third kappa shape index (κ3) is 2.48. The van der Waals surface area contributed by atoms with Gasteiger partial charge in [-0.05, 0) is 54.6 Å². The molecule has 1 N–H and O–H groups in total. The third-order valence-electron chi connectivity index (χ3n) is 4.21. The standard InChI is InChI=1S/C18H20FN/c1-20-12-13-9-10-18(19)17(11-13)16-8-3-2-7-15(16)14-5-4-6-14/h2-3,7-11,14,20H,4-6,12H2,1H3. The van der Waals surface area contributed by atoms with Gasteiger partial charge in [-0.25, -0.2) is 4.39 Å². The van der Waals surface area contributed by atoms with Crippen LogP contribution in [0.3, 0.4) is 0 Å². The number of nitrogens with one attached hydrogen (secondary N) is 1. The van der Waals surface area contributed by atoms with E-state index >= 15 is 0 Å². The van der Waals surface area contributed by atoms with Crippen LogP contribution in [0, 0.1) is 5.82 Å². The Morgan fingerprint density at radius 2 is 1.90 bits per heavy atom. The molecule has 0 atom stereocenters. The molecule has 0 aliphatic heterocycles. The summed E-state index contributed by atoms with van der Waals surface area (Å²) in [7, 11) is 1.91. The molecule has 0 unspecified atom stereocenters. The largest absolute Gasteiger partial charge is 0.316 e. The van der Waals surface area contributed by atoms with Crippen molar-refractivity contribution in [2.45, 2.75) is 31.7 Å². The molecule has 2 aromatic rings. The molecule has 0 heterocycles. The Balaban J connectivity index is 2.05. The summed E-state index contributed by atoms with van der Waals surface area (Å²) in [6.45, 7) is 0.763. The maximum atomic E-state index is 14.2. The predicted molar refractivity (Wildman–Crippen MR) is 81.2 cm³/mol. The van der Waals surface area contributed by atoms with Crippen LogP contribution in [0.5, 0.6) is 0 Å². The van der Waals surface area contributed by atoms with Gasteiger partial charge in [0.05, 0.1) is 0 Å². The van der Waals surface area contributed by atoms with Gasteiger partial charge < -0.3 is 5.32 Å². The highest BCUT2D eigenvalue weighted by atomic mass is 19.1. The van der Waals surface area contributed by atoms with Gasteiger partial charge in [0.1, 0.15) is 5.82 Å². The van der Waals surface area contributed by atoms with E-state index in [2.05, 4.69) is 23.5 Å². The second-order valence-electron chi connectivity index (χ2n) is 5.56. The molecule has 1 fully saturated rings. The van der Waals surface area contributed by atoms with Gasteiger partial charge in [-0.15, -0.1) is 0 Å². The highest BCUT2D eigenvalue weighted by molar-refractivity contribution is 5.69. The lowest BCUT2D eigenvalue weighted by atomic mass is 9.77. The van der Waals surface area contributed by atoms with Gasteiger partial charge in [-0.1, -0.05) is 36.8 Å². The first-order chi connectivity index (χ1) is 9.79. The van der Waals surface area contributed by atoms with E-state index in [0.29, 0.717) is 5.92 Å².